The monoisotopic (exact) mass is 224 g/mol. The second kappa shape index (κ2) is 4.47. The summed E-state index contributed by atoms with van der Waals surface area (Å²) in [6.07, 6.45) is 2.65. The third kappa shape index (κ3) is 2.68. The van der Waals surface area contributed by atoms with Crippen LogP contribution in [0.3, 0.4) is 0 Å². The van der Waals surface area contributed by atoms with Crippen LogP contribution in [0.4, 0.5) is 4.39 Å². The van der Waals surface area contributed by atoms with E-state index < -0.39 is 12.1 Å². The normalized spacial score (nSPS) is 16.6. The van der Waals surface area contributed by atoms with E-state index in [9.17, 15) is 9.18 Å². The fraction of sp³-hybridized carbons (Fsp3) is 0.455. The molecular weight excluding hydrogens is 211 g/mol. The molecule has 1 saturated carbocycles. The Balaban J connectivity index is 1.92. The van der Waals surface area contributed by atoms with E-state index in [1.165, 1.54) is 12.3 Å². The third-order valence-corrected chi connectivity index (χ3v) is 2.32. The number of ether oxygens (including phenoxy) is 1. The summed E-state index contributed by atoms with van der Waals surface area (Å²) in [5.41, 5.74) is 0. The lowest BCUT2D eigenvalue weighted by molar-refractivity contribution is -0.127. The number of halogens is 1. The lowest BCUT2D eigenvalue weighted by atomic mass is 10.3. The summed E-state index contributed by atoms with van der Waals surface area (Å²) in [5, 5.41) is 2.79. The quantitative estimate of drug-likeness (QED) is 0.783. The molecule has 1 aliphatic rings. The van der Waals surface area contributed by atoms with E-state index in [0.717, 1.165) is 12.8 Å². The van der Waals surface area contributed by atoms with E-state index in [1.54, 1.807) is 13.0 Å². The molecule has 0 aliphatic heterocycles. The Bertz CT molecular complexity index is 393. The summed E-state index contributed by atoms with van der Waals surface area (Å²) in [4.78, 5) is 15.0. The SMILES string of the molecule is CC(Oc1cccnc1F)C(=O)NC1CC1. The van der Waals surface area contributed by atoms with Crippen LogP contribution in [-0.4, -0.2) is 23.0 Å². The van der Waals surface area contributed by atoms with Crippen molar-refractivity contribution in [1.82, 2.24) is 10.3 Å². The topological polar surface area (TPSA) is 51.2 Å². The number of carbonyl (C=O) groups is 1. The fourth-order valence-electron chi connectivity index (χ4n) is 1.25. The molecule has 0 bridgehead atoms. The number of hydrogen-bond donors (Lipinski definition) is 1. The van der Waals surface area contributed by atoms with Crippen LogP contribution in [0, 0.1) is 5.95 Å². The van der Waals surface area contributed by atoms with Crippen molar-refractivity contribution in [2.24, 2.45) is 0 Å². The van der Waals surface area contributed by atoms with Gasteiger partial charge in [-0.2, -0.15) is 4.39 Å². The average molecular weight is 224 g/mol. The number of amides is 1. The maximum Gasteiger partial charge on any atom is 0.260 e. The van der Waals surface area contributed by atoms with Crippen molar-refractivity contribution in [2.75, 3.05) is 0 Å². The van der Waals surface area contributed by atoms with Crippen molar-refractivity contribution in [2.45, 2.75) is 31.9 Å². The van der Waals surface area contributed by atoms with Gasteiger partial charge in [0.2, 0.25) is 0 Å². The number of aromatic nitrogens is 1. The highest BCUT2D eigenvalue weighted by molar-refractivity contribution is 5.81. The Kier molecular flexibility index (Phi) is 3.03. The lowest BCUT2D eigenvalue weighted by Gasteiger charge is -2.14. The van der Waals surface area contributed by atoms with Crippen molar-refractivity contribution < 1.29 is 13.9 Å². The number of nitrogens with zero attached hydrogens (tertiary/aromatic N) is 1. The maximum atomic E-state index is 13.1. The predicted octanol–water partition coefficient (Wildman–Crippen LogP) is 1.27. The highest BCUT2D eigenvalue weighted by atomic mass is 19.1. The predicted molar refractivity (Wildman–Crippen MR) is 55.4 cm³/mol. The minimum Gasteiger partial charge on any atom is -0.476 e. The molecule has 1 atom stereocenters. The van der Waals surface area contributed by atoms with Gasteiger partial charge in [-0.25, -0.2) is 4.98 Å². The molecule has 0 spiro atoms. The molecule has 16 heavy (non-hydrogen) atoms. The van der Waals surface area contributed by atoms with Gasteiger partial charge in [-0.3, -0.25) is 4.79 Å². The highest BCUT2D eigenvalue weighted by Crippen LogP contribution is 2.19. The Morgan fingerprint density at radius 2 is 2.44 bits per heavy atom. The van der Waals surface area contributed by atoms with Crippen LogP contribution in [0.5, 0.6) is 5.75 Å². The zero-order chi connectivity index (χ0) is 11.5. The van der Waals surface area contributed by atoms with Gasteiger partial charge >= 0.3 is 0 Å². The average Bonchev–Trinajstić information content (AvgIpc) is 3.05. The number of carbonyl (C=O) groups excluding carboxylic acids is 1. The Morgan fingerprint density at radius 3 is 3.06 bits per heavy atom. The van der Waals surface area contributed by atoms with Gasteiger partial charge in [0.05, 0.1) is 0 Å². The van der Waals surface area contributed by atoms with Crippen LogP contribution in [0.15, 0.2) is 18.3 Å². The van der Waals surface area contributed by atoms with E-state index in [0.29, 0.717) is 0 Å². The maximum absolute atomic E-state index is 13.1. The molecule has 1 N–H and O–H groups in total. The molecule has 1 aromatic rings. The molecule has 2 rings (SSSR count). The molecule has 0 radical (unpaired) electrons. The van der Waals surface area contributed by atoms with Gasteiger partial charge < -0.3 is 10.1 Å². The zero-order valence-corrected chi connectivity index (χ0v) is 8.94. The minimum absolute atomic E-state index is 0.000877. The van der Waals surface area contributed by atoms with Gasteiger partial charge in [-0.1, -0.05) is 0 Å². The molecule has 1 fully saturated rings. The van der Waals surface area contributed by atoms with E-state index in [4.69, 9.17) is 4.74 Å². The van der Waals surface area contributed by atoms with Crippen LogP contribution in [0.1, 0.15) is 19.8 Å². The van der Waals surface area contributed by atoms with E-state index in [1.807, 2.05) is 0 Å². The van der Waals surface area contributed by atoms with Crippen molar-refractivity contribution in [3.63, 3.8) is 0 Å². The van der Waals surface area contributed by atoms with Gasteiger partial charge in [0.25, 0.3) is 11.9 Å². The largest absolute Gasteiger partial charge is 0.476 e. The van der Waals surface area contributed by atoms with Gasteiger partial charge in [0, 0.05) is 12.2 Å². The molecule has 1 aromatic heterocycles. The number of pyridine rings is 1. The fourth-order valence-corrected chi connectivity index (χ4v) is 1.25. The van der Waals surface area contributed by atoms with Crippen LogP contribution >= 0.6 is 0 Å². The van der Waals surface area contributed by atoms with Crippen LogP contribution < -0.4 is 10.1 Å². The molecule has 1 amide bonds. The van der Waals surface area contributed by atoms with E-state index >= 15 is 0 Å². The molecule has 86 valence electrons. The molecular formula is C11H13FN2O2. The number of rotatable bonds is 4. The summed E-state index contributed by atoms with van der Waals surface area (Å²) in [5.74, 6) is -0.916. The second-order valence-electron chi connectivity index (χ2n) is 3.84. The van der Waals surface area contributed by atoms with E-state index in [2.05, 4.69) is 10.3 Å². The van der Waals surface area contributed by atoms with Crippen LogP contribution in [0.2, 0.25) is 0 Å². The van der Waals surface area contributed by atoms with Gasteiger partial charge in [0.15, 0.2) is 11.9 Å². The molecule has 1 heterocycles. The smallest absolute Gasteiger partial charge is 0.260 e. The first-order chi connectivity index (χ1) is 7.66. The third-order valence-electron chi connectivity index (χ3n) is 2.32. The Labute approximate surface area is 92.8 Å². The van der Waals surface area contributed by atoms with Crippen molar-refractivity contribution in [3.8, 4) is 5.75 Å². The minimum atomic E-state index is -0.709. The molecule has 0 saturated heterocycles. The van der Waals surface area contributed by atoms with Crippen LogP contribution in [-0.2, 0) is 4.79 Å². The zero-order valence-electron chi connectivity index (χ0n) is 8.94. The van der Waals surface area contributed by atoms with E-state index in [-0.39, 0.29) is 17.7 Å². The van der Waals surface area contributed by atoms with Gasteiger partial charge in [-0.15, -0.1) is 0 Å². The summed E-state index contributed by atoms with van der Waals surface area (Å²) < 4.78 is 18.3. The van der Waals surface area contributed by atoms with Gasteiger partial charge in [-0.05, 0) is 31.9 Å². The molecule has 5 heteroatoms. The standard InChI is InChI=1S/C11H13FN2O2/c1-7(11(15)14-8-4-5-8)16-9-3-2-6-13-10(9)12/h2-3,6-8H,4-5H2,1H3,(H,14,15). The summed E-state index contributed by atoms with van der Waals surface area (Å²) in [6, 6.07) is 3.28. The summed E-state index contributed by atoms with van der Waals surface area (Å²) in [6.45, 7) is 1.59. The summed E-state index contributed by atoms with van der Waals surface area (Å²) >= 11 is 0. The first kappa shape index (κ1) is 10.9. The Morgan fingerprint density at radius 1 is 1.69 bits per heavy atom. The van der Waals surface area contributed by atoms with Gasteiger partial charge in [0.1, 0.15) is 0 Å². The number of hydrogen-bond acceptors (Lipinski definition) is 3. The molecule has 1 unspecified atom stereocenters. The van der Waals surface area contributed by atoms with Crippen LogP contribution in [0.25, 0.3) is 0 Å². The molecule has 1 aliphatic carbocycles. The number of nitrogens with one attached hydrogen (secondary N) is 1. The summed E-state index contributed by atoms with van der Waals surface area (Å²) in [7, 11) is 0. The van der Waals surface area contributed by atoms with Crippen molar-refractivity contribution >= 4 is 5.91 Å². The second-order valence-corrected chi connectivity index (χ2v) is 3.84. The first-order valence-corrected chi connectivity index (χ1v) is 5.24. The molecule has 4 nitrogen and oxygen atoms in total. The Hall–Kier alpha value is -1.65. The molecule has 0 aromatic carbocycles. The first-order valence-electron chi connectivity index (χ1n) is 5.24. The van der Waals surface area contributed by atoms with Crippen molar-refractivity contribution in [1.29, 1.82) is 0 Å². The lowest BCUT2D eigenvalue weighted by Crippen LogP contribution is -2.37. The highest BCUT2D eigenvalue weighted by Gasteiger charge is 2.26. The van der Waals surface area contributed by atoms with Crippen molar-refractivity contribution in [3.05, 3.63) is 24.3 Å².